The molecule has 2 aromatic carbocycles. The molecule has 0 spiro atoms. The summed E-state index contributed by atoms with van der Waals surface area (Å²) in [6.45, 7) is 2.71. The van der Waals surface area contributed by atoms with E-state index < -0.39 is 11.8 Å². The SMILES string of the molecule is CC(C(=O)NNC(=O)c1ccc(-c2ccc(F)cc2)s1)c1ccc2c(c1)OCCO2. The zero-order valence-electron chi connectivity index (χ0n) is 16.1. The van der Waals surface area contributed by atoms with Crippen LogP contribution in [0.15, 0.2) is 54.6 Å². The normalized spacial score (nSPS) is 13.4. The molecule has 0 saturated carbocycles. The maximum absolute atomic E-state index is 13.1. The van der Waals surface area contributed by atoms with Crippen LogP contribution in [0.4, 0.5) is 4.39 Å². The fourth-order valence-electron chi connectivity index (χ4n) is 3.00. The monoisotopic (exact) mass is 426 g/mol. The minimum Gasteiger partial charge on any atom is -0.486 e. The molecular formula is C22H19FN2O4S. The van der Waals surface area contributed by atoms with E-state index in [1.165, 1.54) is 23.5 Å². The van der Waals surface area contributed by atoms with Crippen molar-refractivity contribution >= 4 is 23.2 Å². The molecule has 2 N–H and O–H groups in total. The Kier molecular flexibility index (Phi) is 5.67. The van der Waals surface area contributed by atoms with Gasteiger partial charge in [-0.3, -0.25) is 20.4 Å². The van der Waals surface area contributed by atoms with E-state index in [1.807, 2.05) is 0 Å². The van der Waals surface area contributed by atoms with E-state index in [1.54, 1.807) is 49.4 Å². The first-order valence-corrected chi connectivity index (χ1v) is 10.2. The summed E-state index contributed by atoms with van der Waals surface area (Å²) >= 11 is 1.26. The molecule has 0 bridgehead atoms. The first kappa shape index (κ1) is 19.9. The predicted molar refractivity (Wildman–Crippen MR) is 111 cm³/mol. The fraction of sp³-hybridized carbons (Fsp3) is 0.182. The van der Waals surface area contributed by atoms with Crippen molar-refractivity contribution in [2.75, 3.05) is 13.2 Å². The minimum atomic E-state index is -0.501. The first-order chi connectivity index (χ1) is 14.5. The van der Waals surface area contributed by atoms with E-state index in [4.69, 9.17) is 9.47 Å². The van der Waals surface area contributed by atoms with Crippen LogP contribution < -0.4 is 20.3 Å². The number of carbonyl (C=O) groups excluding carboxylic acids is 2. The lowest BCUT2D eigenvalue weighted by atomic mass is 10.00. The van der Waals surface area contributed by atoms with Gasteiger partial charge in [0.05, 0.1) is 10.8 Å². The second-order valence-corrected chi connectivity index (χ2v) is 7.82. The molecule has 2 amide bonds. The highest BCUT2D eigenvalue weighted by atomic mass is 32.1. The van der Waals surface area contributed by atoms with E-state index >= 15 is 0 Å². The summed E-state index contributed by atoms with van der Waals surface area (Å²) in [6.07, 6.45) is 0. The number of hydrazine groups is 1. The maximum Gasteiger partial charge on any atom is 0.279 e. The number of rotatable bonds is 4. The highest BCUT2D eigenvalue weighted by Crippen LogP contribution is 2.33. The molecule has 4 rings (SSSR count). The zero-order valence-corrected chi connectivity index (χ0v) is 16.9. The molecule has 30 heavy (non-hydrogen) atoms. The summed E-state index contributed by atoms with van der Waals surface area (Å²) in [4.78, 5) is 26.1. The summed E-state index contributed by atoms with van der Waals surface area (Å²) in [5.41, 5.74) is 6.47. The van der Waals surface area contributed by atoms with Crippen molar-refractivity contribution in [2.45, 2.75) is 12.8 Å². The van der Waals surface area contributed by atoms with E-state index in [0.29, 0.717) is 29.6 Å². The van der Waals surface area contributed by atoms with Crippen LogP contribution in [0.5, 0.6) is 11.5 Å². The largest absolute Gasteiger partial charge is 0.486 e. The van der Waals surface area contributed by atoms with Crippen LogP contribution in [0.1, 0.15) is 28.1 Å². The van der Waals surface area contributed by atoms with Gasteiger partial charge in [-0.05, 0) is 54.4 Å². The number of hydrogen-bond acceptors (Lipinski definition) is 5. The number of benzene rings is 2. The topological polar surface area (TPSA) is 76.7 Å². The van der Waals surface area contributed by atoms with Crippen LogP contribution in [0, 0.1) is 5.82 Å². The van der Waals surface area contributed by atoms with Gasteiger partial charge >= 0.3 is 0 Å². The number of halogens is 1. The number of ether oxygens (including phenoxy) is 2. The highest BCUT2D eigenvalue weighted by Gasteiger charge is 2.20. The Balaban J connectivity index is 1.36. The van der Waals surface area contributed by atoms with E-state index in [-0.39, 0.29) is 11.7 Å². The summed E-state index contributed by atoms with van der Waals surface area (Å²) in [7, 11) is 0. The molecule has 1 unspecified atom stereocenters. The second kappa shape index (κ2) is 8.54. The molecular weight excluding hydrogens is 407 g/mol. The van der Waals surface area contributed by atoms with Crippen molar-refractivity contribution in [2.24, 2.45) is 0 Å². The molecule has 8 heteroatoms. The standard InChI is InChI=1S/C22H19FN2O4S/c1-13(15-4-7-17-18(12-15)29-11-10-28-17)21(26)24-25-22(27)20-9-8-19(30-20)14-2-5-16(23)6-3-14/h2-9,12-13H,10-11H2,1H3,(H,24,26)(H,25,27). The van der Waals surface area contributed by atoms with Gasteiger partial charge in [-0.15, -0.1) is 11.3 Å². The molecule has 0 saturated heterocycles. The van der Waals surface area contributed by atoms with Gasteiger partial charge in [-0.2, -0.15) is 0 Å². The number of hydrogen-bond donors (Lipinski definition) is 2. The molecule has 154 valence electrons. The summed E-state index contributed by atoms with van der Waals surface area (Å²) in [6, 6.07) is 14.8. The third-order valence-corrected chi connectivity index (χ3v) is 5.85. The van der Waals surface area contributed by atoms with E-state index in [2.05, 4.69) is 10.9 Å². The summed E-state index contributed by atoms with van der Waals surface area (Å²) in [5.74, 6) is -0.330. The van der Waals surface area contributed by atoms with Gasteiger partial charge in [-0.25, -0.2) is 4.39 Å². The Hall–Kier alpha value is -3.39. The van der Waals surface area contributed by atoms with Gasteiger partial charge < -0.3 is 9.47 Å². The van der Waals surface area contributed by atoms with Crippen LogP contribution in [0.25, 0.3) is 10.4 Å². The average Bonchev–Trinajstić information content (AvgIpc) is 3.27. The lowest BCUT2D eigenvalue weighted by Gasteiger charge is -2.20. The smallest absolute Gasteiger partial charge is 0.279 e. The molecule has 3 aromatic rings. The minimum absolute atomic E-state index is 0.317. The number of thiophene rings is 1. The highest BCUT2D eigenvalue weighted by molar-refractivity contribution is 7.17. The molecule has 0 aliphatic carbocycles. The van der Waals surface area contributed by atoms with Gasteiger partial charge in [-0.1, -0.05) is 18.2 Å². The maximum atomic E-state index is 13.1. The van der Waals surface area contributed by atoms with Crippen LogP contribution in [0.3, 0.4) is 0 Å². The number of fused-ring (bicyclic) bond motifs is 1. The summed E-state index contributed by atoms with van der Waals surface area (Å²) in [5, 5.41) is 0. The number of nitrogens with one attached hydrogen (secondary N) is 2. The van der Waals surface area contributed by atoms with Crippen molar-refractivity contribution < 1.29 is 23.5 Å². The van der Waals surface area contributed by atoms with E-state index in [0.717, 1.165) is 16.0 Å². The molecule has 6 nitrogen and oxygen atoms in total. The molecule has 0 radical (unpaired) electrons. The third-order valence-electron chi connectivity index (χ3n) is 4.72. The molecule has 1 atom stereocenters. The lowest BCUT2D eigenvalue weighted by Crippen LogP contribution is -2.43. The molecule has 2 heterocycles. The Labute approximate surface area is 176 Å². The van der Waals surface area contributed by atoms with E-state index in [9.17, 15) is 14.0 Å². The van der Waals surface area contributed by atoms with Crippen LogP contribution >= 0.6 is 11.3 Å². The van der Waals surface area contributed by atoms with Crippen LogP contribution in [-0.4, -0.2) is 25.0 Å². The Morgan fingerprint density at radius 1 is 0.967 bits per heavy atom. The molecule has 1 aliphatic heterocycles. The molecule has 1 aliphatic rings. The van der Waals surface area contributed by atoms with Crippen molar-refractivity contribution in [1.82, 2.24) is 10.9 Å². The average molecular weight is 426 g/mol. The van der Waals surface area contributed by atoms with Gasteiger partial charge in [0.15, 0.2) is 11.5 Å². The summed E-state index contributed by atoms with van der Waals surface area (Å²) < 4.78 is 24.1. The Morgan fingerprint density at radius 2 is 1.70 bits per heavy atom. The van der Waals surface area contributed by atoms with Gasteiger partial charge in [0.25, 0.3) is 5.91 Å². The zero-order chi connectivity index (χ0) is 21.1. The quantitative estimate of drug-likeness (QED) is 0.621. The van der Waals surface area contributed by atoms with Crippen LogP contribution in [-0.2, 0) is 4.79 Å². The number of amides is 2. The van der Waals surface area contributed by atoms with Crippen molar-refractivity contribution in [3.8, 4) is 21.9 Å². The van der Waals surface area contributed by atoms with Gasteiger partial charge in [0.1, 0.15) is 19.0 Å². The Morgan fingerprint density at radius 3 is 2.47 bits per heavy atom. The predicted octanol–water partition coefficient (Wildman–Crippen LogP) is 3.89. The van der Waals surface area contributed by atoms with Crippen molar-refractivity contribution in [3.05, 3.63) is 70.9 Å². The van der Waals surface area contributed by atoms with Crippen molar-refractivity contribution in [3.63, 3.8) is 0 Å². The third kappa shape index (κ3) is 4.28. The fourth-order valence-corrected chi connectivity index (χ4v) is 3.90. The van der Waals surface area contributed by atoms with Gasteiger partial charge in [0.2, 0.25) is 5.91 Å². The lowest BCUT2D eigenvalue weighted by molar-refractivity contribution is -0.123. The van der Waals surface area contributed by atoms with Crippen LogP contribution in [0.2, 0.25) is 0 Å². The Bertz CT molecular complexity index is 1080. The molecule has 0 fully saturated rings. The first-order valence-electron chi connectivity index (χ1n) is 9.37. The second-order valence-electron chi connectivity index (χ2n) is 6.74. The molecule has 1 aromatic heterocycles. The van der Waals surface area contributed by atoms with Crippen molar-refractivity contribution in [1.29, 1.82) is 0 Å². The van der Waals surface area contributed by atoms with Gasteiger partial charge in [0, 0.05) is 4.88 Å². The number of carbonyl (C=O) groups is 2.